The first-order valence-electron chi connectivity index (χ1n) is 8.22. The highest BCUT2D eigenvalue weighted by atomic mass is 16.5. The lowest BCUT2D eigenvalue weighted by molar-refractivity contribution is 0.0673. The highest BCUT2D eigenvalue weighted by molar-refractivity contribution is 5.25. The van der Waals surface area contributed by atoms with E-state index in [1.807, 2.05) is 7.05 Å². The molecule has 118 valence electrons. The SMILES string of the molecule is CCN(CC1CCCO1)CC(C)(CNC)c1ccccc1. The molecule has 0 bridgehead atoms. The van der Waals surface area contributed by atoms with Gasteiger partial charge in [-0.05, 0) is 32.0 Å². The van der Waals surface area contributed by atoms with Crippen LogP contribution in [0.5, 0.6) is 0 Å². The van der Waals surface area contributed by atoms with Gasteiger partial charge < -0.3 is 15.0 Å². The predicted molar refractivity (Wildman–Crippen MR) is 88.8 cm³/mol. The van der Waals surface area contributed by atoms with Gasteiger partial charge in [0.1, 0.15) is 0 Å². The molecule has 1 N–H and O–H groups in total. The number of nitrogens with one attached hydrogen (secondary N) is 1. The van der Waals surface area contributed by atoms with Gasteiger partial charge in [-0.1, -0.05) is 44.2 Å². The van der Waals surface area contributed by atoms with Crippen molar-refractivity contribution in [1.82, 2.24) is 10.2 Å². The summed E-state index contributed by atoms with van der Waals surface area (Å²) in [7, 11) is 2.04. The fourth-order valence-electron chi connectivity index (χ4n) is 3.36. The average molecular weight is 290 g/mol. The molecule has 0 amide bonds. The Morgan fingerprint density at radius 1 is 1.33 bits per heavy atom. The van der Waals surface area contributed by atoms with Gasteiger partial charge in [-0.15, -0.1) is 0 Å². The Morgan fingerprint density at radius 3 is 2.67 bits per heavy atom. The molecule has 2 unspecified atom stereocenters. The Morgan fingerprint density at radius 2 is 2.10 bits per heavy atom. The van der Waals surface area contributed by atoms with Crippen LogP contribution in [0.1, 0.15) is 32.3 Å². The second-order valence-corrected chi connectivity index (χ2v) is 6.42. The summed E-state index contributed by atoms with van der Waals surface area (Å²) in [6, 6.07) is 10.9. The largest absolute Gasteiger partial charge is 0.377 e. The van der Waals surface area contributed by atoms with Gasteiger partial charge in [-0.25, -0.2) is 0 Å². The van der Waals surface area contributed by atoms with Crippen molar-refractivity contribution in [2.75, 3.05) is 39.8 Å². The van der Waals surface area contributed by atoms with E-state index in [2.05, 4.69) is 54.4 Å². The standard InChI is InChI=1S/C18H30N2O/c1-4-20(13-17-11-8-12-21-17)15-18(2,14-19-3)16-9-6-5-7-10-16/h5-7,9-10,17,19H,4,8,11-15H2,1-3H3. The number of ether oxygens (including phenoxy) is 1. The molecule has 0 radical (unpaired) electrons. The number of likely N-dealkylation sites (N-methyl/N-ethyl adjacent to an activating group) is 2. The predicted octanol–water partition coefficient (Wildman–Crippen LogP) is 2.66. The summed E-state index contributed by atoms with van der Waals surface area (Å²) in [5, 5.41) is 3.37. The van der Waals surface area contributed by atoms with Crippen LogP contribution in [0.25, 0.3) is 0 Å². The molecule has 1 aliphatic heterocycles. The molecule has 0 saturated carbocycles. The fourth-order valence-corrected chi connectivity index (χ4v) is 3.36. The number of rotatable bonds is 8. The maximum atomic E-state index is 5.81. The maximum absolute atomic E-state index is 5.81. The highest BCUT2D eigenvalue weighted by Gasteiger charge is 2.29. The second-order valence-electron chi connectivity index (χ2n) is 6.42. The van der Waals surface area contributed by atoms with Crippen molar-refractivity contribution in [3.63, 3.8) is 0 Å². The molecule has 1 aromatic carbocycles. The second kappa shape index (κ2) is 7.92. The lowest BCUT2D eigenvalue weighted by Gasteiger charge is -2.36. The molecule has 3 nitrogen and oxygen atoms in total. The minimum absolute atomic E-state index is 0.130. The van der Waals surface area contributed by atoms with E-state index in [0.717, 1.165) is 32.8 Å². The first kappa shape index (κ1) is 16.5. The van der Waals surface area contributed by atoms with Crippen LogP contribution in [0, 0.1) is 0 Å². The third kappa shape index (κ3) is 4.53. The summed E-state index contributed by atoms with van der Waals surface area (Å²) < 4.78 is 5.81. The topological polar surface area (TPSA) is 24.5 Å². The lowest BCUT2D eigenvalue weighted by atomic mass is 9.81. The molecule has 1 aliphatic rings. The molecule has 21 heavy (non-hydrogen) atoms. The Kier molecular flexibility index (Phi) is 6.22. The molecule has 3 heteroatoms. The van der Waals surface area contributed by atoms with E-state index < -0.39 is 0 Å². The van der Waals surface area contributed by atoms with Gasteiger partial charge in [0.2, 0.25) is 0 Å². The van der Waals surface area contributed by atoms with Gasteiger partial charge >= 0.3 is 0 Å². The molecule has 0 aromatic heterocycles. The maximum Gasteiger partial charge on any atom is 0.0702 e. The van der Waals surface area contributed by atoms with Crippen molar-refractivity contribution in [1.29, 1.82) is 0 Å². The van der Waals surface area contributed by atoms with Crippen LogP contribution in [0.3, 0.4) is 0 Å². The molecular formula is C18H30N2O. The minimum atomic E-state index is 0.130. The summed E-state index contributed by atoms with van der Waals surface area (Å²) >= 11 is 0. The fraction of sp³-hybridized carbons (Fsp3) is 0.667. The third-order valence-electron chi connectivity index (χ3n) is 4.54. The van der Waals surface area contributed by atoms with Crippen molar-refractivity contribution in [2.45, 2.75) is 38.2 Å². The zero-order valence-corrected chi connectivity index (χ0v) is 13.8. The van der Waals surface area contributed by atoms with Crippen LogP contribution in [0.2, 0.25) is 0 Å². The van der Waals surface area contributed by atoms with Crippen molar-refractivity contribution >= 4 is 0 Å². The molecule has 1 aromatic rings. The van der Waals surface area contributed by atoms with Crippen LogP contribution in [-0.4, -0.2) is 50.8 Å². The minimum Gasteiger partial charge on any atom is -0.377 e. The summed E-state index contributed by atoms with van der Waals surface area (Å²) in [5.41, 5.74) is 1.54. The van der Waals surface area contributed by atoms with Gasteiger partial charge in [0.15, 0.2) is 0 Å². The van der Waals surface area contributed by atoms with Gasteiger partial charge in [0, 0.05) is 31.7 Å². The molecule has 0 aliphatic carbocycles. The van der Waals surface area contributed by atoms with Gasteiger partial charge in [0.25, 0.3) is 0 Å². The summed E-state index contributed by atoms with van der Waals surface area (Å²) in [6.07, 6.45) is 2.86. The quantitative estimate of drug-likeness (QED) is 0.796. The monoisotopic (exact) mass is 290 g/mol. The lowest BCUT2D eigenvalue weighted by Crippen LogP contribution is -2.46. The van der Waals surface area contributed by atoms with Gasteiger partial charge in [0.05, 0.1) is 6.10 Å². The van der Waals surface area contributed by atoms with Crippen LogP contribution in [0.4, 0.5) is 0 Å². The van der Waals surface area contributed by atoms with Crippen molar-refractivity contribution in [2.24, 2.45) is 0 Å². The van der Waals surface area contributed by atoms with E-state index in [0.29, 0.717) is 6.10 Å². The van der Waals surface area contributed by atoms with Crippen molar-refractivity contribution < 1.29 is 4.74 Å². The summed E-state index contributed by atoms with van der Waals surface area (Å²) in [6.45, 7) is 9.73. The Hall–Kier alpha value is -0.900. The number of hydrogen-bond donors (Lipinski definition) is 1. The molecule has 1 saturated heterocycles. The molecule has 1 fully saturated rings. The first-order valence-corrected chi connectivity index (χ1v) is 8.22. The molecular weight excluding hydrogens is 260 g/mol. The Labute approximate surface area is 129 Å². The van der Waals surface area contributed by atoms with E-state index in [-0.39, 0.29) is 5.41 Å². The molecule has 0 spiro atoms. The van der Waals surface area contributed by atoms with E-state index in [9.17, 15) is 0 Å². The van der Waals surface area contributed by atoms with Crippen LogP contribution < -0.4 is 5.32 Å². The molecule has 2 atom stereocenters. The first-order chi connectivity index (χ1) is 10.2. The van der Waals surface area contributed by atoms with E-state index in [1.165, 1.54) is 18.4 Å². The number of nitrogens with zero attached hydrogens (tertiary/aromatic N) is 1. The summed E-state index contributed by atoms with van der Waals surface area (Å²) in [5.74, 6) is 0. The average Bonchev–Trinajstić information content (AvgIpc) is 3.01. The number of hydrogen-bond acceptors (Lipinski definition) is 3. The third-order valence-corrected chi connectivity index (χ3v) is 4.54. The zero-order chi connectivity index (χ0) is 15.1. The van der Waals surface area contributed by atoms with E-state index in [4.69, 9.17) is 4.74 Å². The Bertz CT molecular complexity index is 403. The van der Waals surface area contributed by atoms with Crippen LogP contribution in [-0.2, 0) is 10.2 Å². The Balaban J connectivity index is 2.06. The van der Waals surface area contributed by atoms with E-state index in [1.54, 1.807) is 0 Å². The van der Waals surface area contributed by atoms with Crippen LogP contribution in [0.15, 0.2) is 30.3 Å². The van der Waals surface area contributed by atoms with Gasteiger partial charge in [-0.3, -0.25) is 0 Å². The van der Waals surface area contributed by atoms with Crippen LogP contribution >= 0.6 is 0 Å². The van der Waals surface area contributed by atoms with Gasteiger partial charge in [-0.2, -0.15) is 0 Å². The van der Waals surface area contributed by atoms with Crippen molar-refractivity contribution in [3.8, 4) is 0 Å². The number of benzene rings is 1. The smallest absolute Gasteiger partial charge is 0.0702 e. The molecule has 2 rings (SSSR count). The zero-order valence-electron chi connectivity index (χ0n) is 13.8. The van der Waals surface area contributed by atoms with E-state index >= 15 is 0 Å². The normalized spacial score (nSPS) is 21.6. The van der Waals surface area contributed by atoms with Crippen molar-refractivity contribution in [3.05, 3.63) is 35.9 Å². The summed E-state index contributed by atoms with van der Waals surface area (Å²) in [4.78, 5) is 2.54. The molecule has 1 heterocycles. The highest BCUT2D eigenvalue weighted by Crippen LogP contribution is 2.25.